The molecule has 19 heavy (non-hydrogen) atoms. The second-order valence-corrected chi connectivity index (χ2v) is 5.81. The first-order valence-electron chi connectivity index (χ1n) is 7.70. The van der Waals surface area contributed by atoms with Crippen LogP contribution in [0.5, 0.6) is 0 Å². The van der Waals surface area contributed by atoms with Crippen molar-refractivity contribution >= 4 is 5.95 Å². The maximum absolute atomic E-state index is 5.43. The first kappa shape index (κ1) is 12.9. The monoisotopic (exact) mass is 264 g/mol. The molecule has 1 unspecified atom stereocenters. The maximum atomic E-state index is 5.43. The summed E-state index contributed by atoms with van der Waals surface area (Å²) in [6, 6.07) is 0. The molecule has 2 fully saturated rings. The molecule has 0 saturated carbocycles. The normalized spacial score (nSPS) is 25.3. The third-order valence-corrected chi connectivity index (χ3v) is 4.21. The van der Waals surface area contributed by atoms with E-state index >= 15 is 0 Å². The largest absolute Gasteiger partial charge is 0.338 e. The summed E-state index contributed by atoms with van der Waals surface area (Å²) in [5.74, 6) is 2.28. The highest BCUT2D eigenvalue weighted by atomic mass is 16.5. The molecule has 106 valence electrons. The molecule has 1 N–H and O–H groups in total. The van der Waals surface area contributed by atoms with Crippen LogP contribution in [0.3, 0.4) is 0 Å². The highest BCUT2D eigenvalue weighted by Crippen LogP contribution is 2.19. The fourth-order valence-corrected chi connectivity index (χ4v) is 3.07. The smallest absolute Gasteiger partial charge is 0.266 e. The molecule has 0 aromatic carbocycles. The molecule has 5 heteroatoms. The van der Waals surface area contributed by atoms with Crippen LogP contribution in [0.25, 0.3) is 0 Å². The van der Waals surface area contributed by atoms with Crippen molar-refractivity contribution in [3.8, 4) is 0 Å². The Morgan fingerprint density at radius 2 is 2.00 bits per heavy atom. The van der Waals surface area contributed by atoms with E-state index in [9.17, 15) is 0 Å². The van der Waals surface area contributed by atoms with Gasteiger partial charge in [0.05, 0.1) is 0 Å². The van der Waals surface area contributed by atoms with E-state index in [4.69, 9.17) is 4.52 Å². The molecule has 1 aromatic rings. The summed E-state index contributed by atoms with van der Waals surface area (Å²) in [5.41, 5.74) is 0. The van der Waals surface area contributed by atoms with Crippen LogP contribution in [-0.4, -0.2) is 36.3 Å². The van der Waals surface area contributed by atoms with Crippen LogP contribution in [0, 0.1) is 5.92 Å². The predicted molar refractivity (Wildman–Crippen MR) is 74.3 cm³/mol. The van der Waals surface area contributed by atoms with Gasteiger partial charge in [-0.25, -0.2) is 0 Å². The quantitative estimate of drug-likeness (QED) is 0.905. The minimum Gasteiger partial charge on any atom is -0.338 e. The lowest BCUT2D eigenvalue weighted by Crippen LogP contribution is -2.31. The summed E-state index contributed by atoms with van der Waals surface area (Å²) in [4.78, 5) is 6.87. The number of aromatic nitrogens is 2. The summed E-state index contributed by atoms with van der Waals surface area (Å²) in [6.45, 7) is 4.38. The van der Waals surface area contributed by atoms with Crippen LogP contribution in [0.4, 0.5) is 5.95 Å². The SMILES string of the molecule is C1CCCN(c2noc(CC3CCCNC3)n2)CC1. The van der Waals surface area contributed by atoms with Crippen molar-refractivity contribution in [1.29, 1.82) is 0 Å². The third kappa shape index (κ3) is 3.47. The Hall–Kier alpha value is -1.10. The number of hydrogen-bond donors (Lipinski definition) is 1. The van der Waals surface area contributed by atoms with Crippen molar-refractivity contribution in [1.82, 2.24) is 15.5 Å². The highest BCUT2D eigenvalue weighted by molar-refractivity contribution is 5.27. The van der Waals surface area contributed by atoms with Gasteiger partial charge in [-0.1, -0.05) is 12.8 Å². The zero-order valence-electron chi connectivity index (χ0n) is 11.6. The highest BCUT2D eigenvalue weighted by Gasteiger charge is 2.19. The second kappa shape index (κ2) is 6.37. The molecule has 1 atom stereocenters. The van der Waals surface area contributed by atoms with E-state index in [2.05, 4.69) is 20.4 Å². The molecule has 1 aromatic heterocycles. The van der Waals surface area contributed by atoms with Crippen molar-refractivity contribution in [2.75, 3.05) is 31.1 Å². The lowest BCUT2D eigenvalue weighted by Gasteiger charge is -2.20. The van der Waals surface area contributed by atoms with Gasteiger partial charge in [0.2, 0.25) is 5.89 Å². The van der Waals surface area contributed by atoms with E-state index in [1.807, 2.05) is 0 Å². The molecule has 0 spiro atoms. The number of nitrogens with one attached hydrogen (secondary N) is 1. The topological polar surface area (TPSA) is 54.2 Å². The minimum absolute atomic E-state index is 0.659. The van der Waals surface area contributed by atoms with Gasteiger partial charge in [-0.2, -0.15) is 4.98 Å². The van der Waals surface area contributed by atoms with Gasteiger partial charge in [0.1, 0.15) is 0 Å². The summed E-state index contributed by atoms with van der Waals surface area (Å²) >= 11 is 0. The zero-order chi connectivity index (χ0) is 12.9. The van der Waals surface area contributed by atoms with Crippen molar-refractivity contribution < 1.29 is 4.52 Å². The van der Waals surface area contributed by atoms with E-state index in [1.54, 1.807) is 0 Å². The van der Waals surface area contributed by atoms with E-state index in [1.165, 1.54) is 38.5 Å². The average molecular weight is 264 g/mol. The van der Waals surface area contributed by atoms with Crippen LogP contribution in [-0.2, 0) is 6.42 Å². The van der Waals surface area contributed by atoms with E-state index < -0.39 is 0 Å². The Morgan fingerprint density at radius 3 is 2.74 bits per heavy atom. The summed E-state index contributed by atoms with van der Waals surface area (Å²) < 4.78 is 5.43. The predicted octanol–water partition coefficient (Wildman–Crippen LogP) is 1.99. The van der Waals surface area contributed by atoms with E-state index in [-0.39, 0.29) is 0 Å². The number of rotatable bonds is 3. The Kier molecular flexibility index (Phi) is 4.33. The van der Waals surface area contributed by atoms with Crippen LogP contribution < -0.4 is 10.2 Å². The molecule has 5 nitrogen and oxygen atoms in total. The number of nitrogens with zero attached hydrogens (tertiary/aromatic N) is 3. The van der Waals surface area contributed by atoms with Crippen molar-refractivity contribution in [2.45, 2.75) is 44.9 Å². The van der Waals surface area contributed by atoms with Gasteiger partial charge in [0.15, 0.2) is 0 Å². The molecular formula is C14H24N4O. The second-order valence-electron chi connectivity index (χ2n) is 5.81. The van der Waals surface area contributed by atoms with Gasteiger partial charge in [-0.15, -0.1) is 0 Å². The van der Waals surface area contributed by atoms with Gasteiger partial charge in [-0.05, 0) is 49.8 Å². The first-order chi connectivity index (χ1) is 9.42. The molecule has 0 amide bonds. The Morgan fingerprint density at radius 1 is 1.16 bits per heavy atom. The van der Waals surface area contributed by atoms with Crippen molar-refractivity contribution in [2.24, 2.45) is 5.92 Å². The van der Waals surface area contributed by atoms with Crippen LogP contribution in [0.15, 0.2) is 4.52 Å². The number of piperidine rings is 1. The fraction of sp³-hybridized carbons (Fsp3) is 0.857. The molecule has 2 aliphatic rings. The maximum Gasteiger partial charge on any atom is 0.266 e. The molecule has 2 saturated heterocycles. The fourth-order valence-electron chi connectivity index (χ4n) is 3.07. The summed E-state index contributed by atoms with van der Waals surface area (Å²) in [7, 11) is 0. The first-order valence-corrected chi connectivity index (χ1v) is 7.70. The molecule has 0 radical (unpaired) electrons. The average Bonchev–Trinajstić information content (AvgIpc) is 2.74. The molecular weight excluding hydrogens is 240 g/mol. The molecule has 0 aliphatic carbocycles. The van der Waals surface area contributed by atoms with Crippen molar-refractivity contribution in [3.05, 3.63) is 5.89 Å². The van der Waals surface area contributed by atoms with Gasteiger partial charge in [0.25, 0.3) is 5.95 Å². The number of hydrogen-bond acceptors (Lipinski definition) is 5. The van der Waals surface area contributed by atoms with Gasteiger partial charge in [-0.3, -0.25) is 0 Å². The Labute approximate surface area is 114 Å². The lowest BCUT2D eigenvalue weighted by molar-refractivity contribution is 0.315. The zero-order valence-corrected chi connectivity index (χ0v) is 11.6. The molecule has 0 bridgehead atoms. The standard InChI is InChI=1S/C14H24N4O/c1-2-4-9-18(8-3-1)14-16-13(19-17-14)10-12-6-5-7-15-11-12/h12,15H,1-11H2. The minimum atomic E-state index is 0.659. The van der Waals surface area contributed by atoms with Crippen molar-refractivity contribution in [3.63, 3.8) is 0 Å². The lowest BCUT2D eigenvalue weighted by atomic mass is 9.96. The Balaban J connectivity index is 1.58. The van der Waals surface area contributed by atoms with Crippen LogP contribution in [0.2, 0.25) is 0 Å². The van der Waals surface area contributed by atoms with E-state index in [0.717, 1.165) is 44.4 Å². The summed E-state index contributed by atoms with van der Waals surface area (Å²) in [5, 5.41) is 7.60. The summed E-state index contributed by atoms with van der Waals surface area (Å²) in [6.07, 6.45) is 8.61. The Bertz CT molecular complexity index is 379. The third-order valence-electron chi connectivity index (χ3n) is 4.21. The van der Waals surface area contributed by atoms with Gasteiger partial charge >= 0.3 is 0 Å². The molecule has 2 aliphatic heterocycles. The van der Waals surface area contributed by atoms with Gasteiger partial charge < -0.3 is 14.7 Å². The van der Waals surface area contributed by atoms with E-state index in [0.29, 0.717) is 5.92 Å². The van der Waals surface area contributed by atoms with Gasteiger partial charge in [0, 0.05) is 19.5 Å². The molecule has 3 heterocycles. The number of anilines is 1. The molecule has 3 rings (SSSR count). The van der Waals surface area contributed by atoms with Crippen LogP contribution in [0.1, 0.15) is 44.4 Å². The van der Waals surface area contributed by atoms with Crippen LogP contribution >= 0.6 is 0 Å².